The number of carbonyl (C=O) groups excluding carboxylic acids is 1. The first-order valence-corrected chi connectivity index (χ1v) is 8.24. The Hall–Kier alpha value is -1.45. The average Bonchev–Trinajstić information content (AvgIpc) is 2.90. The maximum absolute atomic E-state index is 11.9. The summed E-state index contributed by atoms with van der Waals surface area (Å²) in [5.74, 6) is -0.417. The largest absolute Gasteiger partial charge is 0.353 e. The summed E-state index contributed by atoms with van der Waals surface area (Å²) >= 11 is 0. The normalized spacial score (nSPS) is 12.4. The highest BCUT2D eigenvalue weighted by atomic mass is 32.2. The summed E-state index contributed by atoms with van der Waals surface area (Å²) in [5.41, 5.74) is 5.60. The molecule has 4 N–H and O–H groups in total. The number of hydrogen-bond donors (Lipinski definition) is 3. The van der Waals surface area contributed by atoms with Gasteiger partial charge in [0.15, 0.2) is 0 Å². The predicted molar refractivity (Wildman–Crippen MR) is 78.9 cm³/mol. The van der Waals surface area contributed by atoms with Gasteiger partial charge in [-0.25, -0.2) is 13.1 Å². The van der Waals surface area contributed by atoms with E-state index in [2.05, 4.69) is 15.1 Å². The van der Waals surface area contributed by atoms with Gasteiger partial charge in [0.2, 0.25) is 15.9 Å². The van der Waals surface area contributed by atoms with E-state index in [-0.39, 0.29) is 11.4 Å². The van der Waals surface area contributed by atoms with Crippen molar-refractivity contribution in [3.8, 4) is 0 Å². The molecule has 21 heavy (non-hydrogen) atoms. The molecular weight excluding hydrogens is 294 g/mol. The van der Waals surface area contributed by atoms with Crippen LogP contribution in [0.25, 0.3) is 0 Å². The maximum Gasteiger partial charge on any atom is 0.244 e. The van der Waals surface area contributed by atoms with Crippen LogP contribution in [0.5, 0.6) is 0 Å². The van der Waals surface area contributed by atoms with Gasteiger partial charge in [0.25, 0.3) is 0 Å². The molecule has 0 unspecified atom stereocenters. The van der Waals surface area contributed by atoms with Crippen molar-refractivity contribution in [3.63, 3.8) is 0 Å². The third-order valence-corrected chi connectivity index (χ3v) is 4.82. The van der Waals surface area contributed by atoms with Crippen molar-refractivity contribution in [2.45, 2.75) is 37.1 Å². The van der Waals surface area contributed by atoms with E-state index in [0.29, 0.717) is 6.54 Å². The van der Waals surface area contributed by atoms with Crippen LogP contribution in [0.4, 0.5) is 0 Å². The molecule has 0 aliphatic carbocycles. The smallest absolute Gasteiger partial charge is 0.244 e. The molecule has 0 saturated heterocycles. The van der Waals surface area contributed by atoms with E-state index >= 15 is 0 Å². The average molecular weight is 317 g/mol. The number of aryl methyl sites for hydroxylation is 1. The van der Waals surface area contributed by atoms with Crippen molar-refractivity contribution in [2.24, 2.45) is 12.8 Å². The van der Waals surface area contributed by atoms with Crippen LogP contribution in [0.3, 0.4) is 0 Å². The first kappa shape index (κ1) is 17.6. The van der Waals surface area contributed by atoms with Crippen LogP contribution in [0.1, 0.15) is 26.7 Å². The Bertz CT molecular complexity index is 577. The number of amides is 1. The van der Waals surface area contributed by atoms with Crippen molar-refractivity contribution in [2.75, 3.05) is 13.1 Å². The van der Waals surface area contributed by atoms with E-state index in [1.807, 2.05) is 13.8 Å². The Morgan fingerprint density at radius 3 is 2.52 bits per heavy atom. The fourth-order valence-electron chi connectivity index (χ4n) is 1.62. The minimum atomic E-state index is -3.72. The Kier molecular flexibility index (Phi) is 5.87. The molecule has 1 aromatic heterocycles. The van der Waals surface area contributed by atoms with Gasteiger partial charge in [-0.15, -0.1) is 0 Å². The second kappa shape index (κ2) is 7.01. The van der Waals surface area contributed by atoms with Crippen LogP contribution in [-0.2, 0) is 21.9 Å². The number of nitrogens with one attached hydrogen (secondary N) is 2. The molecule has 0 atom stereocenters. The lowest BCUT2D eigenvalue weighted by atomic mass is 9.94. The molecule has 1 aromatic rings. The molecule has 0 spiro atoms. The summed E-state index contributed by atoms with van der Waals surface area (Å²) in [6.45, 7) is 3.87. The first-order chi connectivity index (χ1) is 9.72. The molecule has 8 nitrogen and oxygen atoms in total. The van der Waals surface area contributed by atoms with Crippen LogP contribution < -0.4 is 15.8 Å². The molecule has 0 radical (unpaired) electrons. The number of nitrogens with zero attached hydrogens (tertiary/aromatic N) is 2. The molecule has 0 aliphatic heterocycles. The highest BCUT2D eigenvalue weighted by Gasteiger charge is 2.22. The van der Waals surface area contributed by atoms with Gasteiger partial charge in [-0.3, -0.25) is 9.48 Å². The summed E-state index contributed by atoms with van der Waals surface area (Å²) in [6, 6.07) is 0. The Morgan fingerprint density at radius 1 is 1.43 bits per heavy atom. The van der Waals surface area contributed by atoms with E-state index in [0.717, 1.165) is 12.8 Å². The number of hydrogen-bond acceptors (Lipinski definition) is 5. The SMILES string of the molecule is CCC(N)(CC)CNC(=O)CNS(=O)(=O)c1cnn(C)c1. The van der Waals surface area contributed by atoms with Crippen LogP contribution in [0, 0.1) is 0 Å². The highest BCUT2D eigenvalue weighted by molar-refractivity contribution is 7.89. The zero-order valence-corrected chi connectivity index (χ0v) is 13.4. The molecular formula is C12H23N5O3S. The number of nitrogens with two attached hydrogens (primary N) is 1. The maximum atomic E-state index is 11.9. The third kappa shape index (κ3) is 5.10. The zero-order chi connectivity index (χ0) is 16.1. The topological polar surface area (TPSA) is 119 Å². The fraction of sp³-hybridized carbons (Fsp3) is 0.667. The van der Waals surface area contributed by atoms with E-state index in [1.54, 1.807) is 7.05 Å². The van der Waals surface area contributed by atoms with Crippen molar-refractivity contribution in [3.05, 3.63) is 12.4 Å². The summed E-state index contributed by atoms with van der Waals surface area (Å²) in [7, 11) is -2.11. The van der Waals surface area contributed by atoms with Crippen molar-refractivity contribution in [1.82, 2.24) is 19.8 Å². The van der Waals surface area contributed by atoms with E-state index < -0.39 is 21.5 Å². The van der Waals surface area contributed by atoms with Gasteiger partial charge in [-0.05, 0) is 12.8 Å². The predicted octanol–water partition coefficient (Wildman–Crippen LogP) is -0.668. The number of sulfonamides is 1. The summed E-state index contributed by atoms with van der Waals surface area (Å²) < 4.78 is 27.4. The summed E-state index contributed by atoms with van der Waals surface area (Å²) in [4.78, 5) is 11.7. The Morgan fingerprint density at radius 2 is 2.05 bits per heavy atom. The minimum Gasteiger partial charge on any atom is -0.353 e. The lowest BCUT2D eigenvalue weighted by molar-refractivity contribution is -0.120. The van der Waals surface area contributed by atoms with Gasteiger partial charge >= 0.3 is 0 Å². The molecule has 0 bridgehead atoms. The van der Waals surface area contributed by atoms with E-state index in [1.165, 1.54) is 17.1 Å². The minimum absolute atomic E-state index is 0.0214. The van der Waals surface area contributed by atoms with Crippen LogP contribution >= 0.6 is 0 Å². The second-order valence-electron chi connectivity index (χ2n) is 5.02. The summed E-state index contributed by atoms with van der Waals surface area (Å²) in [6.07, 6.45) is 4.04. The monoisotopic (exact) mass is 317 g/mol. The molecule has 0 saturated carbocycles. The molecule has 9 heteroatoms. The number of aromatic nitrogens is 2. The van der Waals surface area contributed by atoms with Crippen molar-refractivity contribution in [1.29, 1.82) is 0 Å². The van der Waals surface area contributed by atoms with E-state index in [4.69, 9.17) is 5.73 Å². The zero-order valence-electron chi connectivity index (χ0n) is 12.6. The van der Waals surface area contributed by atoms with Crippen LogP contribution in [0.2, 0.25) is 0 Å². The molecule has 0 aliphatic rings. The number of carbonyl (C=O) groups is 1. The Labute approximate surface area is 125 Å². The lowest BCUT2D eigenvalue weighted by Crippen LogP contribution is -2.50. The fourth-order valence-corrected chi connectivity index (χ4v) is 2.58. The molecule has 1 amide bonds. The number of rotatable bonds is 8. The lowest BCUT2D eigenvalue weighted by Gasteiger charge is -2.26. The van der Waals surface area contributed by atoms with Gasteiger partial charge in [0.1, 0.15) is 4.90 Å². The molecule has 0 aromatic carbocycles. The van der Waals surface area contributed by atoms with Crippen molar-refractivity contribution >= 4 is 15.9 Å². The molecule has 1 rings (SSSR count). The molecule has 120 valence electrons. The van der Waals surface area contributed by atoms with Gasteiger partial charge in [-0.2, -0.15) is 5.10 Å². The van der Waals surface area contributed by atoms with Crippen molar-refractivity contribution < 1.29 is 13.2 Å². The molecule has 0 fully saturated rings. The van der Waals surface area contributed by atoms with Gasteiger partial charge < -0.3 is 11.1 Å². The standard InChI is InChI=1S/C12H23N5O3S/c1-4-12(13,5-2)9-14-11(18)7-16-21(19,20)10-6-15-17(3)8-10/h6,8,16H,4-5,7,9,13H2,1-3H3,(H,14,18). The highest BCUT2D eigenvalue weighted by Crippen LogP contribution is 2.09. The van der Waals surface area contributed by atoms with E-state index in [9.17, 15) is 13.2 Å². The molecule has 1 heterocycles. The third-order valence-electron chi connectivity index (χ3n) is 3.46. The van der Waals surface area contributed by atoms with Gasteiger partial charge in [-0.1, -0.05) is 13.8 Å². The first-order valence-electron chi connectivity index (χ1n) is 6.76. The van der Waals surface area contributed by atoms with Gasteiger partial charge in [0, 0.05) is 25.3 Å². The Balaban J connectivity index is 2.50. The van der Waals surface area contributed by atoms with Gasteiger partial charge in [0.05, 0.1) is 12.7 Å². The van der Waals surface area contributed by atoms with Crippen LogP contribution in [0.15, 0.2) is 17.3 Å². The second-order valence-corrected chi connectivity index (χ2v) is 6.79. The quantitative estimate of drug-likeness (QED) is 0.587. The van der Waals surface area contributed by atoms with Crippen LogP contribution in [-0.4, -0.2) is 42.7 Å². The summed E-state index contributed by atoms with van der Waals surface area (Å²) in [5, 5.41) is 6.42.